The van der Waals surface area contributed by atoms with Crippen LogP contribution < -0.4 is 0 Å². The Kier molecular flexibility index (Phi) is 2.35. The van der Waals surface area contributed by atoms with Crippen molar-refractivity contribution >= 4 is 23.2 Å². The second kappa shape index (κ2) is 4.69. The third-order valence-corrected chi connectivity index (χ3v) is 7.45. The van der Waals surface area contributed by atoms with Crippen LogP contribution in [-0.2, 0) is 9.59 Å². The molecule has 0 saturated heterocycles. The fraction of sp³-hybridized carbons (Fsp3) is 0.789. The molecule has 0 aliphatic heterocycles. The molecule has 0 aromatic carbocycles. The molecule has 4 aliphatic rings. The third-order valence-electron chi connectivity index (χ3n) is 7.09. The van der Waals surface area contributed by atoms with Gasteiger partial charge in [-0.25, -0.2) is 0 Å². The predicted octanol–water partition coefficient (Wildman–Crippen LogP) is 4.65. The van der Waals surface area contributed by atoms with Gasteiger partial charge in [0.2, 0.25) is 0 Å². The number of ketones is 2. The van der Waals surface area contributed by atoms with E-state index in [0.717, 1.165) is 19.3 Å². The van der Waals surface area contributed by atoms with E-state index in [9.17, 15) is 9.59 Å². The molecule has 0 radical (unpaired) electrons. The first-order valence-electron chi connectivity index (χ1n) is 10.3. The van der Waals surface area contributed by atoms with Crippen molar-refractivity contribution in [3.63, 3.8) is 0 Å². The first kappa shape index (κ1) is 11.0. The van der Waals surface area contributed by atoms with E-state index >= 15 is 0 Å². The first-order valence-corrected chi connectivity index (χ1v) is 8.71. The summed E-state index contributed by atoms with van der Waals surface area (Å²) in [6, 6.07) is 0. The van der Waals surface area contributed by atoms with Gasteiger partial charge in [0.15, 0.2) is 5.78 Å². The summed E-state index contributed by atoms with van der Waals surface area (Å²) in [6.45, 7) is 3.92. The van der Waals surface area contributed by atoms with Gasteiger partial charge in [-0.1, -0.05) is 25.4 Å². The van der Waals surface area contributed by atoms with Crippen LogP contribution in [0.2, 0.25) is 0 Å². The highest BCUT2D eigenvalue weighted by molar-refractivity contribution is 6.43. The van der Waals surface area contributed by atoms with Crippen LogP contribution in [-0.4, -0.2) is 11.6 Å². The van der Waals surface area contributed by atoms with Gasteiger partial charge >= 0.3 is 0 Å². The molecule has 0 aromatic rings. The molecular formula is C19H25ClO2. The molecule has 0 N–H and O–H groups in total. The van der Waals surface area contributed by atoms with Crippen LogP contribution in [0.4, 0.5) is 0 Å². The molecule has 22 heavy (non-hydrogen) atoms. The largest absolute Gasteiger partial charge is 0.299 e. The predicted molar refractivity (Wildman–Crippen MR) is 86.5 cm³/mol. The van der Waals surface area contributed by atoms with E-state index in [2.05, 4.69) is 0 Å². The second-order valence-electron chi connectivity index (χ2n) is 7.96. The van der Waals surface area contributed by atoms with Crippen LogP contribution in [0.25, 0.3) is 0 Å². The van der Waals surface area contributed by atoms with E-state index in [0.29, 0.717) is 17.8 Å². The lowest BCUT2D eigenvalue weighted by Gasteiger charge is -2.57. The van der Waals surface area contributed by atoms with Gasteiger partial charge in [0.05, 0.1) is 5.03 Å². The van der Waals surface area contributed by atoms with Crippen LogP contribution in [0, 0.1) is 28.6 Å². The number of halogens is 1. The van der Waals surface area contributed by atoms with E-state index in [1.54, 1.807) is 0 Å². The maximum Gasteiger partial charge on any atom is 0.174 e. The number of carbonyl (C=O) groups excluding carboxylic acids is 2. The summed E-state index contributed by atoms with van der Waals surface area (Å²) < 4.78 is 33.7. The van der Waals surface area contributed by atoms with Gasteiger partial charge in [-0.15, -0.1) is 0 Å². The van der Waals surface area contributed by atoms with Gasteiger partial charge in [0, 0.05) is 23.7 Å². The molecule has 3 saturated carbocycles. The van der Waals surface area contributed by atoms with Gasteiger partial charge in [-0.2, -0.15) is 0 Å². The molecule has 0 heterocycles. The summed E-state index contributed by atoms with van der Waals surface area (Å²) in [5.41, 5.74) is -0.850. The van der Waals surface area contributed by atoms with Crippen molar-refractivity contribution < 1.29 is 15.1 Å². The Bertz CT molecular complexity index is 746. The van der Waals surface area contributed by atoms with Crippen LogP contribution in [0.3, 0.4) is 0 Å². The maximum absolute atomic E-state index is 12.5. The number of hydrogen-bond acceptors (Lipinski definition) is 2. The molecule has 0 spiro atoms. The van der Waals surface area contributed by atoms with Crippen LogP contribution in [0.5, 0.6) is 0 Å². The van der Waals surface area contributed by atoms with Gasteiger partial charge in [0.25, 0.3) is 0 Å². The zero-order valence-electron chi connectivity index (χ0n) is 17.2. The molecule has 120 valence electrons. The lowest BCUT2D eigenvalue weighted by atomic mass is 9.47. The minimum Gasteiger partial charge on any atom is -0.299 e. The Balaban J connectivity index is 1.86. The van der Waals surface area contributed by atoms with E-state index in [1.807, 2.05) is 13.8 Å². The molecule has 2 nitrogen and oxygen atoms in total. The summed E-state index contributed by atoms with van der Waals surface area (Å²) >= 11 is 6.29. The molecule has 4 rings (SSSR count). The summed E-state index contributed by atoms with van der Waals surface area (Å²) in [5, 5.41) is -0.233. The van der Waals surface area contributed by atoms with E-state index < -0.39 is 23.9 Å². The molecule has 0 aromatic heterocycles. The van der Waals surface area contributed by atoms with Crippen molar-refractivity contribution in [3.8, 4) is 0 Å². The Morgan fingerprint density at radius 1 is 1.05 bits per heavy atom. The van der Waals surface area contributed by atoms with Gasteiger partial charge in [-0.05, 0) is 67.2 Å². The normalized spacial score (nSPS) is 55.3. The van der Waals surface area contributed by atoms with Crippen molar-refractivity contribution in [2.75, 3.05) is 0 Å². The Morgan fingerprint density at radius 2 is 1.77 bits per heavy atom. The van der Waals surface area contributed by atoms with E-state index in [4.69, 9.17) is 17.1 Å². The molecule has 4 aliphatic carbocycles. The maximum atomic E-state index is 12.5. The van der Waals surface area contributed by atoms with Crippen molar-refractivity contribution in [1.29, 1.82) is 0 Å². The standard InChI is InChI=1S/C19H25ClO2/c1-18-10-8-15(21)17(20)14(18)4-3-11-12-5-6-16(22)19(12,2)9-7-13(11)18/h11-13H,3-10H2,1-2H3/t11-,12+,13+,18-,19-/m0/s1/i4D2,8D2. The highest BCUT2D eigenvalue weighted by Gasteiger charge is 2.59. The fourth-order valence-corrected chi connectivity index (χ4v) is 6.09. The second-order valence-corrected chi connectivity index (χ2v) is 8.34. The molecule has 3 fully saturated rings. The zero-order valence-corrected chi connectivity index (χ0v) is 13.9. The topological polar surface area (TPSA) is 34.1 Å². The number of fused-ring (bicyclic) bond motifs is 5. The Morgan fingerprint density at radius 3 is 2.55 bits per heavy atom. The number of hydrogen-bond donors (Lipinski definition) is 0. The van der Waals surface area contributed by atoms with Crippen molar-refractivity contribution in [1.82, 2.24) is 0 Å². The SMILES string of the molecule is [2H]C1([2H])C[C@]2(C)C(=C(Cl)C1=O)C([2H])([2H])C[C@H]1[C@H]3CCC(=O)[C@@]3(C)CC[C@H]12. The molecule has 3 heteroatoms. The van der Waals surface area contributed by atoms with Crippen molar-refractivity contribution in [3.05, 3.63) is 10.6 Å². The Hall–Kier alpha value is -0.630. The van der Waals surface area contributed by atoms with Crippen LogP contribution in [0.15, 0.2) is 10.6 Å². The average molecular weight is 325 g/mol. The fourth-order valence-electron chi connectivity index (χ4n) is 5.74. The molecular weight excluding hydrogens is 296 g/mol. The molecule has 5 atom stereocenters. The Labute approximate surface area is 143 Å². The molecule has 0 bridgehead atoms. The molecule has 0 unspecified atom stereocenters. The smallest absolute Gasteiger partial charge is 0.174 e. The number of carbonyl (C=O) groups is 2. The lowest BCUT2D eigenvalue weighted by molar-refractivity contribution is -0.132. The number of allylic oxidation sites excluding steroid dienone is 1. The van der Waals surface area contributed by atoms with Crippen LogP contribution >= 0.6 is 11.6 Å². The zero-order chi connectivity index (χ0) is 19.3. The average Bonchev–Trinajstić information content (AvgIpc) is 2.79. The minimum absolute atomic E-state index is 0.0254. The van der Waals surface area contributed by atoms with Gasteiger partial charge in [-0.3, -0.25) is 9.59 Å². The van der Waals surface area contributed by atoms with E-state index in [1.165, 1.54) is 0 Å². The highest BCUT2D eigenvalue weighted by atomic mass is 35.5. The quantitative estimate of drug-likeness (QED) is 0.649. The lowest BCUT2D eigenvalue weighted by Crippen LogP contribution is -2.50. The summed E-state index contributed by atoms with van der Waals surface area (Å²) in [5.74, 6) is -0.269. The third kappa shape index (κ3) is 1.74. The number of rotatable bonds is 0. The first-order chi connectivity index (χ1) is 11.8. The number of Topliss-reactive ketones (excluding diaryl/α,β-unsaturated/α-hetero) is 2. The van der Waals surface area contributed by atoms with Gasteiger partial charge in [0.1, 0.15) is 5.78 Å². The monoisotopic (exact) mass is 324 g/mol. The minimum atomic E-state index is -2.07. The van der Waals surface area contributed by atoms with Crippen LogP contribution in [0.1, 0.15) is 70.6 Å². The highest BCUT2D eigenvalue weighted by Crippen LogP contribution is 2.65. The summed E-state index contributed by atoms with van der Waals surface area (Å²) in [6.07, 6.45) is -0.701. The molecule has 0 amide bonds. The van der Waals surface area contributed by atoms with E-state index in [-0.39, 0.29) is 41.0 Å². The summed E-state index contributed by atoms with van der Waals surface area (Å²) in [4.78, 5) is 24.9. The summed E-state index contributed by atoms with van der Waals surface area (Å²) in [7, 11) is 0. The van der Waals surface area contributed by atoms with Crippen molar-refractivity contribution in [2.24, 2.45) is 28.6 Å². The van der Waals surface area contributed by atoms with Crippen molar-refractivity contribution in [2.45, 2.75) is 65.1 Å². The van der Waals surface area contributed by atoms with Gasteiger partial charge < -0.3 is 0 Å².